The Kier molecular flexibility index (Phi) is 8.19. The molecule has 1 amide bonds. The number of carbonyl (C=O) groups excluding carboxylic acids is 1. The molecule has 0 heterocycles. The molecule has 0 aliphatic heterocycles. The second-order valence-electron chi connectivity index (χ2n) is 8.58. The molecule has 1 saturated carbocycles. The molecule has 2 N–H and O–H groups in total. The smallest absolute Gasteiger partial charge is 0.407 e. The van der Waals surface area contributed by atoms with Crippen molar-refractivity contribution in [3.05, 3.63) is 0 Å². The van der Waals surface area contributed by atoms with Gasteiger partial charge in [0.2, 0.25) is 10.0 Å². The summed E-state index contributed by atoms with van der Waals surface area (Å²) in [4.78, 5) is 12.0. The number of hydrogen-bond donors (Lipinski definition) is 2. The van der Waals surface area contributed by atoms with Gasteiger partial charge in [-0.3, -0.25) is 0 Å². The van der Waals surface area contributed by atoms with E-state index in [1.54, 1.807) is 20.8 Å². The highest BCUT2D eigenvalue weighted by Gasteiger charge is 2.29. The van der Waals surface area contributed by atoms with Crippen molar-refractivity contribution in [3.63, 3.8) is 0 Å². The molecule has 0 bridgehead atoms. The van der Waals surface area contributed by atoms with Crippen LogP contribution in [-0.2, 0) is 14.8 Å². The number of hydrogen-bond acceptors (Lipinski definition) is 4. The van der Waals surface area contributed by atoms with Crippen molar-refractivity contribution in [2.75, 3.05) is 5.75 Å². The molecule has 1 rings (SSSR count). The van der Waals surface area contributed by atoms with Crippen LogP contribution in [0.2, 0.25) is 0 Å². The van der Waals surface area contributed by atoms with Gasteiger partial charge < -0.3 is 10.1 Å². The average Bonchev–Trinajstić information content (AvgIpc) is 2.44. The Hall–Kier alpha value is -0.820. The first-order valence-corrected chi connectivity index (χ1v) is 11.0. The first-order valence-electron chi connectivity index (χ1n) is 9.39. The summed E-state index contributed by atoms with van der Waals surface area (Å²) in [6.07, 6.45) is 5.16. The summed E-state index contributed by atoms with van der Waals surface area (Å²) < 4.78 is 33.2. The zero-order valence-corrected chi connectivity index (χ0v) is 17.4. The fraction of sp³-hybridized carbons (Fsp3) is 0.944. The molecule has 0 unspecified atom stereocenters. The van der Waals surface area contributed by atoms with Crippen molar-refractivity contribution >= 4 is 16.1 Å². The zero-order chi connectivity index (χ0) is 19.3. The molecule has 25 heavy (non-hydrogen) atoms. The van der Waals surface area contributed by atoms with E-state index in [0.717, 1.165) is 12.8 Å². The summed E-state index contributed by atoms with van der Waals surface area (Å²) in [7, 11) is -3.48. The van der Waals surface area contributed by atoms with Crippen LogP contribution >= 0.6 is 0 Å². The van der Waals surface area contributed by atoms with E-state index in [4.69, 9.17) is 4.74 Å². The molecular weight excluding hydrogens is 340 g/mol. The fourth-order valence-electron chi connectivity index (χ4n) is 3.16. The summed E-state index contributed by atoms with van der Waals surface area (Å²) in [5.41, 5.74) is -0.613. The van der Waals surface area contributed by atoms with E-state index in [-0.39, 0.29) is 17.7 Å². The van der Waals surface area contributed by atoms with E-state index in [2.05, 4.69) is 10.0 Å². The van der Waals surface area contributed by atoms with Gasteiger partial charge in [0.05, 0.1) is 5.75 Å². The molecule has 7 heteroatoms. The van der Waals surface area contributed by atoms with Crippen LogP contribution in [0.15, 0.2) is 0 Å². The van der Waals surface area contributed by atoms with E-state index in [9.17, 15) is 13.2 Å². The van der Waals surface area contributed by atoms with E-state index in [1.807, 2.05) is 20.8 Å². The summed E-state index contributed by atoms with van der Waals surface area (Å²) in [6.45, 7) is 11.1. The summed E-state index contributed by atoms with van der Waals surface area (Å²) >= 11 is 0. The van der Waals surface area contributed by atoms with Crippen molar-refractivity contribution in [2.45, 2.75) is 91.3 Å². The molecule has 6 nitrogen and oxygen atoms in total. The summed E-state index contributed by atoms with van der Waals surface area (Å²) in [5, 5.41) is 2.70. The quantitative estimate of drug-likeness (QED) is 0.713. The lowest BCUT2D eigenvalue weighted by Gasteiger charge is -2.29. The van der Waals surface area contributed by atoms with Gasteiger partial charge in [0, 0.05) is 12.1 Å². The van der Waals surface area contributed by atoms with Gasteiger partial charge in [0.1, 0.15) is 5.60 Å². The normalized spacial score (nSPS) is 19.5. The topological polar surface area (TPSA) is 84.5 Å². The first kappa shape index (κ1) is 22.2. The molecular formula is C18H36N2O4S. The SMILES string of the molecule is CC(C)[C@@H](CS(=O)(=O)N[C@H](C)C1CCCCC1)NC(=O)OC(C)(C)C. The molecule has 0 radical (unpaired) electrons. The Bertz CT molecular complexity index is 520. The van der Waals surface area contributed by atoms with Crippen LogP contribution in [0.1, 0.15) is 73.6 Å². The van der Waals surface area contributed by atoms with Crippen molar-refractivity contribution in [3.8, 4) is 0 Å². The number of alkyl carbamates (subject to hydrolysis) is 1. The molecule has 0 aromatic heterocycles. The van der Waals surface area contributed by atoms with Gasteiger partial charge in [-0.1, -0.05) is 33.1 Å². The maximum Gasteiger partial charge on any atom is 0.407 e. The van der Waals surface area contributed by atoms with Crippen LogP contribution in [0.25, 0.3) is 0 Å². The maximum atomic E-state index is 12.6. The average molecular weight is 377 g/mol. The molecule has 148 valence electrons. The molecule has 1 fully saturated rings. The lowest BCUT2D eigenvalue weighted by molar-refractivity contribution is 0.0497. The van der Waals surface area contributed by atoms with Gasteiger partial charge in [-0.25, -0.2) is 17.9 Å². The highest BCUT2D eigenvalue weighted by Crippen LogP contribution is 2.26. The van der Waals surface area contributed by atoms with Gasteiger partial charge in [0.25, 0.3) is 0 Å². The minimum absolute atomic E-state index is 0.0194. The van der Waals surface area contributed by atoms with E-state index < -0.39 is 27.8 Å². The fourth-order valence-corrected chi connectivity index (χ4v) is 4.95. The Morgan fingerprint density at radius 1 is 1.12 bits per heavy atom. The second kappa shape index (κ2) is 9.21. The Balaban J connectivity index is 2.64. The van der Waals surface area contributed by atoms with E-state index in [1.165, 1.54) is 19.3 Å². The summed E-state index contributed by atoms with van der Waals surface area (Å²) in [5.74, 6) is 0.245. The predicted molar refractivity (Wildman–Crippen MR) is 101 cm³/mol. The maximum absolute atomic E-state index is 12.6. The molecule has 0 saturated heterocycles. The number of ether oxygens (including phenoxy) is 1. The molecule has 0 aromatic rings. The minimum atomic E-state index is -3.48. The van der Waals surface area contributed by atoms with Crippen LogP contribution in [0, 0.1) is 11.8 Å². The monoisotopic (exact) mass is 376 g/mol. The van der Waals surface area contributed by atoms with Crippen LogP contribution in [0.4, 0.5) is 4.79 Å². The lowest BCUT2D eigenvalue weighted by Crippen LogP contribution is -2.49. The largest absolute Gasteiger partial charge is 0.444 e. The Morgan fingerprint density at radius 3 is 2.16 bits per heavy atom. The summed E-state index contributed by atoms with van der Waals surface area (Å²) in [6, 6.07) is -0.564. The van der Waals surface area contributed by atoms with Gasteiger partial charge in [0.15, 0.2) is 0 Å². The number of amides is 1. The molecule has 1 aliphatic carbocycles. The zero-order valence-electron chi connectivity index (χ0n) is 16.6. The van der Waals surface area contributed by atoms with Crippen LogP contribution in [-0.4, -0.2) is 37.9 Å². The number of sulfonamides is 1. The molecule has 2 atom stereocenters. The lowest BCUT2D eigenvalue weighted by atomic mass is 9.85. The third-order valence-electron chi connectivity index (χ3n) is 4.63. The number of nitrogens with one attached hydrogen (secondary N) is 2. The van der Waals surface area contributed by atoms with Crippen molar-refractivity contribution in [2.24, 2.45) is 11.8 Å². The van der Waals surface area contributed by atoms with Crippen molar-refractivity contribution in [1.29, 1.82) is 0 Å². The van der Waals surface area contributed by atoms with E-state index >= 15 is 0 Å². The molecule has 1 aliphatic rings. The standard InChI is InChI=1S/C18H36N2O4S/c1-13(2)16(19-17(21)24-18(4,5)6)12-25(22,23)20-14(3)15-10-8-7-9-11-15/h13-16,20H,7-12H2,1-6H3,(H,19,21)/t14-,16-/m1/s1. The van der Waals surface area contributed by atoms with Gasteiger partial charge >= 0.3 is 6.09 Å². The number of rotatable bonds is 7. The van der Waals surface area contributed by atoms with Crippen molar-refractivity contribution in [1.82, 2.24) is 10.0 Å². The van der Waals surface area contributed by atoms with Gasteiger partial charge in [-0.15, -0.1) is 0 Å². The van der Waals surface area contributed by atoms with Crippen LogP contribution in [0.5, 0.6) is 0 Å². The molecule has 0 aromatic carbocycles. The predicted octanol–water partition coefficient (Wildman–Crippen LogP) is 3.42. The Morgan fingerprint density at radius 2 is 1.68 bits per heavy atom. The van der Waals surface area contributed by atoms with Crippen LogP contribution < -0.4 is 10.0 Å². The van der Waals surface area contributed by atoms with E-state index in [0.29, 0.717) is 5.92 Å². The highest BCUT2D eigenvalue weighted by molar-refractivity contribution is 7.89. The minimum Gasteiger partial charge on any atom is -0.444 e. The Labute approximate surface area is 153 Å². The number of carbonyl (C=O) groups is 1. The third-order valence-corrected chi connectivity index (χ3v) is 6.16. The van der Waals surface area contributed by atoms with Gasteiger partial charge in [-0.2, -0.15) is 0 Å². The third kappa shape index (κ3) is 8.90. The first-order chi connectivity index (χ1) is 11.4. The van der Waals surface area contributed by atoms with Crippen LogP contribution in [0.3, 0.4) is 0 Å². The second-order valence-corrected chi connectivity index (χ2v) is 10.4. The van der Waals surface area contributed by atoms with Crippen molar-refractivity contribution < 1.29 is 17.9 Å². The molecule has 0 spiro atoms. The van der Waals surface area contributed by atoms with Gasteiger partial charge in [-0.05, 0) is 52.4 Å². The highest BCUT2D eigenvalue weighted by atomic mass is 32.2.